The minimum Gasteiger partial charge on any atom is -0.496 e. The van der Waals surface area contributed by atoms with Gasteiger partial charge in [-0.2, -0.15) is 0 Å². The molecule has 0 saturated heterocycles. The van der Waals surface area contributed by atoms with E-state index < -0.39 is 23.3 Å². The highest BCUT2D eigenvalue weighted by Gasteiger charge is 2.27. The number of nitrogens with one attached hydrogen (secondary N) is 1. The van der Waals surface area contributed by atoms with Crippen LogP contribution in [0.4, 0.5) is 4.39 Å². The Kier molecular flexibility index (Phi) is 12.8. The molecule has 0 aliphatic rings. The molecule has 1 amide bonds. The Bertz CT molecular complexity index is 1780. The second-order valence-electron chi connectivity index (χ2n) is 14.7. The molecule has 0 unspecified atom stereocenters. The Morgan fingerprint density at radius 1 is 0.880 bits per heavy atom. The van der Waals surface area contributed by atoms with Crippen molar-refractivity contribution in [1.29, 1.82) is 0 Å². The predicted octanol–water partition coefficient (Wildman–Crippen LogP) is 8.74. The quantitative estimate of drug-likeness (QED) is 0.109. The Balaban J connectivity index is 0.000000409. The van der Waals surface area contributed by atoms with Gasteiger partial charge in [0.1, 0.15) is 33.6 Å². The number of aromatic nitrogens is 1. The fourth-order valence-electron chi connectivity index (χ4n) is 4.57. The largest absolute Gasteiger partial charge is 0.496 e. The molecule has 0 atom stereocenters. The van der Waals surface area contributed by atoms with Gasteiger partial charge in [0, 0.05) is 18.2 Å². The van der Waals surface area contributed by atoms with Crippen molar-refractivity contribution in [3.8, 4) is 28.2 Å². The maximum absolute atomic E-state index is 13.5. The summed E-state index contributed by atoms with van der Waals surface area (Å²) in [6, 6.07) is 12.2. The average molecular weight is 714 g/mol. The van der Waals surface area contributed by atoms with Crippen LogP contribution in [0.25, 0.3) is 33.6 Å². The summed E-state index contributed by atoms with van der Waals surface area (Å²) < 4.78 is 41.8. The molecule has 0 radical (unpaired) electrons. The van der Waals surface area contributed by atoms with Crippen molar-refractivity contribution in [2.24, 2.45) is 0 Å². The molecular formula is C38H49ClFN3O7. The number of carbonyl (C=O) groups excluding carboxylic acids is 2. The van der Waals surface area contributed by atoms with E-state index in [9.17, 15) is 14.0 Å². The van der Waals surface area contributed by atoms with Crippen LogP contribution in [0.1, 0.15) is 83.0 Å². The van der Waals surface area contributed by atoms with Crippen molar-refractivity contribution in [2.75, 3.05) is 28.3 Å². The van der Waals surface area contributed by atoms with Crippen LogP contribution in [0.3, 0.4) is 0 Å². The van der Waals surface area contributed by atoms with Gasteiger partial charge in [-0.15, -0.1) is 0 Å². The smallest absolute Gasteiger partial charge is 0.342 e. The molecule has 4 rings (SSSR count). The molecule has 4 aromatic rings. The van der Waals surface area contributed by atoms with Gasteiger partial charge in [0.2, 0.25) is 12.1 Å². The molecule has 50 heavy (non-hydrogen) atoms. The van der Waals surface area contributed by atoms with Gasteiger partial charge in [-0.05, 0) is 124 Å². The second kappa shape index (κ2) is 15.9. The van der Waals surface area contributed by atoms with E-state index >= 15 is 0 Å². The molecule has 1 N–H and O–H groups in total. The summed E-state index contributed by atoms with van der Waals surface area (Å²) in [7, 11) is 6.85. The number of nitrogens with zero attached hydrogens (tertiary/aromatic N) is 2. The lowest BCUT2D eigenvalue weighted by atomic mass is 10.0. The molecule has 0 fully saturated rings. The summed E-state index contributed by atoms with van der Waals surface area (Å²) in [6.07, 6.45) is -0.296. The minimum atomic E-state index is -0.702. The van der Waals surface area contributed by atoms with E-state index in [2.05, 4.69) is 10.3 Å². The molecule has 2 aromatic heterocycles. The molecule has 12 heteroatoms. The molecule has 0 saturated carbocycles. The Hall–Kier alpha value is -4.03. The van der Waals surface area contributed by atoms with Crippen LogP contribution in [0.15, 0.2) is 52.9 Å². The van der Waals surface area contributed by atoms with Gasteiger partial charge >= 0.3 is 5.97 Å². The molecular weight excluding hydrogens is 665 g/mol. The first kappa shape index (κ1) is 40.4. The molecule has 0 aliphatic heterocycles. The first-order valence-corrected chi connectivity index (χ1v) is 16.5. The third-order valence-electron chi connectivity index (χ3n) is 6.66. The van der Waals surface area contributed by atoms with E-state index in [-0.39, 0.29) is 45.4 Å². The molecule has 0 spiro atoms. The van der Waals surface area contributed by atoms with Crippen molar-refractivity contribution in [3.63, 3.8) is 0 Å². The standard InChI is InChI=1S/C27H24ClFN2O5.C11H25NO2/c1-27(2,3)36-26(33)18-12-15(8-11-20(18)34-5)17-13-19-21(24(32)30-4)22(35-25(19)31-23(17)28)14-6-9-16(29)10-7-14;1-10(2,3)13-9(12(7)8)14-11(4,5)6/h6-13H,1-5H3,(H,30,32);9H,1-8H3. The summed E-state index contributed by atoms with van der Waals surface area (Å²) in [5.41, 5.74) is 1.02. The average Bonchev–Trinajstić information content (AvgIpc) is 3.36. The van der Waals surface area contributed by atoms with E-state index in [1.165, 1.54) is 38.4 Å². The minimum absolute atomic E-state index is 0.102. The highest BCUT2D eigenvalue weighted by molar-refractivity contribution is 6.33. The number of hydrogen-bond donors (Lipinski definition) is 1. The van der Waals surface area contributed by atoms with E-state index in [0.717, 1.165) is 0 Å². The zero-order chi connectivity index (χ0) is 37.8. The molecule has 0 aliphatic carbocycles. The molecule has 2 aromatic carbocycles. The first-order valence-electron chi connectivity index (χ1n) is 16.1. The maximum atomic E-state index is 13.5. The number of methoxy groups -OCH3 is 1. The predicted molar refractivity (Wildman–Crippen MR) is 194 cm³/mol. The number of ether oxygens (including phenoxy) is 4. The lowest BCUT2D eigenvalue weighted by Crippen LogP contribution is -2.43. The van der Waals surface area contributed by atoms with Crippen molar-refractivity contribution < 1.29 is 37.3 Å². The number of rotatable bonds is 8. The van der Waals surface area contributed by atoms with Crippen LogP contribution in [0, 0.1) is 5.82 Å². The Morgan fingerprint density at radius 2 is 1.44 bits per heavy atom. The number of hydrogen-bond acceptors (Lipinski definition) is 9. The number of carbonyl (C=O) groups is 2. The number of benzene rings is 2. The number of halogens is 2. The van der Waals surface area contributed by atoms with Crippen molar-refractivity contribution >= 4 is 34.6 Å². The van der Waals surface area contributed by atoms with Crippen LogP contribution in [-0.4, -0.2) is 73.2 Å². The third kappa shape index (κ3) is 11.0. The number of esters is 1. The molecule has 0 bridgehead atoms. The first-order chi connectivity index (χ1) is 23.0. The molecule has 272 valence electrons. The van der Waals surface area contributed by atoms with Gasteiger partial charge in [0.25, 0.3) is 5.91 Å². The Morgan fingerprint density at radius 3 is 1.92 bits per heavy atom. The van der Waals surface area contributed by atoms with Crippen molar-refractivity contribution in [1.82, 2.24) is 15.2 Å². The summed E-state index contributed by atoms with van der Waals surface area (Å²) in [5, 5.41) is 3.11. The Labute approximate surface area is 299 Å². The number of furan rings is 1. The molecule has 2 heterocycles. The topological polar surface area (TPSA) is 112 Å². The van der Waals surface area contributed by atoms with Crippen molar-refractivity contribution in [2.45, 2.75) is 85.5 Å². The highest BCUT2D eigenvalue weighted by atomic mass is 35.5. The van der Waals surface area contributed by atoms with Crippen LogP contribution in [0.2, 0.25) is 5.15 Å². The van der Waals surface area contributed by atoms with Crippen LogP contribution in [0.5, 0.6) is 5.75 Å². The fraction of sp³-hybridized carbons (Fsp3) is 0.447. The highest BCUT2D eigenvalue weighted by Crippen LogP contribution is 2.39. The summed E-state index contributed by atoms with van der Waals surface area (Å²) >= 11 is 6.52. The number of fused-ring (bicyclic) bond motifs is 1. The van der Waals surface area contributed by atoms with Crippen molar-refractivity contribution in [3.05, 3.63) is 70.6 Å². The van der Waals surface area contributed by atoms with E-state index in [4.69, 9.17) is 35.0 Å². The van der Waals surface area contributed by atoms with Crippen LogP contribution >= 0.6 is 11.6 Å². The summed E-state index contributed by atoms with van der Waals surface area (Å²) in [6.45, 7) is 17.5. The third-order valence-corrected chi connectivity index (χ3v) is 6.94. The number of amides is 1. The SMILES string of the molecule is CN(C)C(OC(C)(C)C)OC(C)(C)C.CNC(=O)c1c(-c2ccc(F)cc2)oc2nc(Cl)c(-c3ccc(OC)c(C(=O)OC(C)(C)C)c3)cc12. The van der Waals surface area contributed by atoms with Gasteiger partial charge < -0.3 is 28.7 Å². The normalized spacial score (nSPS) is 12.2. The van der Waals surface area contributed by atoms with E-state index in [1.807, 2.05) is 60.5 Å². The van der Waals surface area contributed by atoms with Gasteiger partial charge in [-0.1, -0.05) is 17.7 Å². The second-order valence-corrected chi connectivity index (χ2v) is 15.1. The van der Waals surface area contributed by atoms with Crippen LogP contribution < -0.4 is 10.1 Å². The lowest BCUT2D eigenvalue weighted by Gasteiger charge is -2.35. The van der Waals surface area contributed by atoms with Crippen LogP contribution in [-0.2, 0) is 14.2 Å². The van der Waals surface area contributed by atoms with Gasteiger partial charge in [0.15, 0.2) is 0 Å². The van der Waals surface area contributed by atoms with Gasteiger partial charge in [-0.3, -0.25) is 9.69 Å². The molecule has 10 nitrogen and oxygen atoms in total. The monoisotopic (exact) mass is 713 g/mol. The number of pyridine rings is 1. The van der Waals surface area contributed by atoms with E-state index in [1.54, 1.807) is 45.0 Å². The van der Waals surface area contributed by atoms with Gasteiger partial charge in [-0.25, -0.2) is 14.2 Å². The van der Waals surface area contributed by atoms with Gasteiger partial charge in [0.05, 0.1) is 29.3 Å². The fourth-order valence-corrected chi connectivity index (χ4v) is 4.81. The zero-order valence-electron chi connectivity index (χ0n) is 31.2. The summed E-state index contributed by atoms with van der Waals surface area (Å²) in [4.78, 5) is 32.0. The lowest BCUT2D eigenvalue weighted by molar-refractivity contribution is -0.285. The van der Waals surface area contributed by atoms with E-state index in [0.29, 0.717) is 27.8 Å². The zero-order valence-corrected chi connectivity index (χ0v) is 32.0. The summed E-state index contributed by atoms with van der Waals surface area (Å²) in [5.74, 6) is -0.813. The maximum Gasteiger partial charge on any atom is 0.342 e.